The molecule has 2 aromatic carbocycles. The van der Waals surface area contributed by atoms with Crippen LogP contribution in [-0.2, 0) is 16.1 Å². The van der Waals surface area contributed by atoms with Crippen molar-refractivity contribution >= 4 is 23.4 Å². The molecule has 1 N–H and O–H groups in total. The topological polar surface area (TPSA) is 77.1 Å². The van der Waals surface area contributed by atoms with E-state index in [9.17, 15) is 9.59 Å². The molecule has 1 aliphatic rings. The SMILES string of the molecule is COc1cc(OC)cc(OCC(=O)N(Cc2cccc(Cl)c2)[C@H](C)C(=O)NC2CCCCC2)c1. The Hall–Kier alpha value is -2.93. The lowest BCUT2D eigenvalue weighted by molar-refractivity contribution is -0.142. The summed E-state index contributed by atoms with van der Waals surface area (Å²) in [7, 11) is 3.09. The molecule has 0 radical (unpaired) electrons. The first-order valence-corrected chi connectivity index (χ1v) is 12.0. The van der Waals surface area contributed by atoms with Crippen molar-refractivity contribution in [2.45, 2.75) is 57.7 Å². The Balaban J connectivity index is 1.73. The van der Waals surface area contributed by atoms with Gasteiger partial charge in [0.25, 0.3) is 5.91 Å². The van der Waals surface area contributed by atoms with Crippen LogP contribution in [0, 0.1) is 0 Å². The second kappa shape index (κ2) is 12.5. The van der Waals surface area contributed by atoms with Crippen LogP contribution in [0.4, 0.5) is 0 Å². The fraction of sp³-hybridized carbons (Fsp3) is 0.462. The predicted octanol–water partition coefficient (Wildman–Crippen LogP) is 4.60. The van der Waals surface area contributed by atoms with Gasteiger partial charge in [-0.2, -0.15) is 0 Å². The fourth-order valence-corrected chi connectivity index (χ4v) is 4.29. The summed E-state index contributed by atoms with van der Waals surface area (Å²) in [6.45, 7) is 1.75. The van der Waals surface area contributed by atoms with Crippen LogP contribution in [0.5, 0.6) is 17.2 Å². The highest BCUT2D eigenvalue weighted by Crippen LogP contribution is 2.27. The van der Waals surface area contributed by atoms with E-state index in [-0.39, 0.29) is 31.0 Å². The van der Waals surface area contributed by atoms with Gasteiger partial charge in [0.15, 0.2) is 6.61 Å². The van der Waals surface area contributed by atoms with E-state index < -0.39 is 6.04 Å². The first-order valence-electron chi connectivity index (χ1n) is 11.6. The Labute approximate surface area is 206 Å². The number of halogens is 1. The molecule has 0 spiro atoms. The third kappa shape index (κ3) is 7.29. The van der Waals surface area contributed by atoms with Crippen molar-refractivity contribution in [1.82, 2.24) is 10.2 Å². The zero-order chi connectivity index (χ0) is 24.5. The first-order chi connectivity index (χ1) is 16.4. The second-order valence-corrected chi connectivity index (χ2v) is 8.94. The molecule has 8 heteroatoms. The minimum atomic E-state index is -0.670. The molecule has 0 saturated heterocycles. The maximum absolute atomic E-state index is 13.3. The van der Waals surface area contributed by atoms with Crippen LogP contribution in [0.1, 0.15) is 44.6 Å². The quantitative estimate of drug-likeness (QED) is 0.528. The Morgan fingerprint density at radius 2 is 1.68 bits per heavy atom. The molecule has 3 rings (SSSR count). The first kappa shape index (κ1) is 25.7. The minimum absolute atomic E-state index is 0.160. The largest absolute Gasteiger partial charge is 0.496 e. The van der Waals surface area contributed by atoms with Gasteiger partial charge in [-0.15, -0.1) is 0 Å². The maximum atomic E-state index is 13.3. The number of nitrogens with one attached hydrogen (secondary N) is 1. The van der Waals surface area contributed by atoms with Gasteiger partial charge in [0.1, 0.15) is 23.3 Å². The minimum Gasteiger partial charge on any atom is -0.496 e. The van der Waals surface area contributed by atoms with Gasteiger partial charge in [0, 0.05) is 35.8 Å². The van der Waals surface area contributed by atoms with Crippen molar-refractivity contribution in [3.05, 3.63) is 53.1 Å². The molecule has 34 heavy (non-hydrogen) atoms. The van der Waals surface area contributed by atoms with Crippen LogP contribution < -0.4 is 19.5 Å². The van der Waals surface area contributed by atoms with Gasteiger partial charge >= 0.3 is 0 Å². The highest BCUT2D eigenvalue weighted by atomic mass is 35.5. The van der Waals surface area contributed by atoms with Crippen LogP contribution in [-0.4, -0.2) is 49.6 Å². The summed E-state index contributed by atoms with van der Waals surface area (Å²) in [5.74, 6) is 1.07. The standard InChI is InChI=1S/C26H33ClN2O5/c1-18(26(31)28-21-10-5-4-6-11-21)29(16-19-8-7-9-20(27)12-19)25(30)17-34-24-14-22(32-2)13-23(15-24)33-3/h7-9,12-15,18,21H,4-6,10-11,16-17H2,1-3H3,(H,28,31)/t18-/m1/s1. The number of amides is 2. The van der Waals surface area contributed by atoms with Crippen molar-refractivity contribution in [2.24, 2.45) is 0 Å². The summed E-state index contributed by atoms with van der Waals surface area (Å²) < 4.78 is 16.3. The van der Waals surface area contributed by atoms with Gasteiger partial charge < -0.3 is 24.4 Å². The molecule has 0 heterocycles. The monoisotopic (exact) mass is 488 g/mol. The van der Waals surface area contributed by atoms with Crippen molar-refractivity contribution in [3.63, 3.8) is 0 Å². The van der Waals surface area contributed by atoms with Gasteiger partial charge in [-0.25, -0.2) is 0 Å². The zero-order valence-electron chi connectivity index (χ0n) is 20.0. The van der Waals surface area contributed by atoms with E-state index >= 15 is 0 Å². The molecule has 0 bridgehead atoms. The number of benzene rings is 2. The Kier molecular flexibility index (Phi) is 9.45. The molecule has 0 aliphatic heterocycles. The van der Waals surface area contributed by atoms with Crippen molar-refractivity contribution in [3.8, 4) is 17.2 Å². The number of hydrogen-bond donors (Lipinski definition) is 1. The summed E-state index contributed by atoms with van der Waals surface area (Å²) in [4.78, 5) is 27.9. The molecule has 1 atom stereocenters. The average Bonchev–Trinajstić information content (AvgIpc) is 2.85. The van der Waals surface area contributed by atoms with E-state index in [1.165, 1.54) is 11.3 Å². The maximum Gasteiger partial charge on any atom is 0.261 e. The van der Waals surface area contributed by atoms with Gasteiger partial charge in [-0.3, -0.25) is 9.59 Å². The summed E-state index contributed by atoms with van der Waals surface area (Å²) in [5, 5.41) is 3.70. The highest BCUT2D eigenvalue weighted by molar-refractivity contribution is 6.30. The molecule has 1 saturated carbocycles. The molecule has 1 aliphatic carbocycles. The summed E-state index contributed by atoms with van der Waals surface area (Å²) >= 11 is 6.15. The van der Waals surface area contributed by atoms with Crippen molar-refractivity contribution < 1.29 is 23.8 Å². The number of nitrogens with zero attached hydrogens (tertiary/aromatic N) is 1. The van der Waals surface area contributed by atoms with Gasteiger partial charge in [-0.1, -0.05) is 43.0 Å². The Bertz CT molecular complexity index is 955. The van der Waals surface area contributed by atoms with E-state index in [2.05, 4.69) is 5.32 Å². The average molecular weight is 489 g/mol. The predicted molar refractivity (Wildman–Crippen MR) is 132 cm³/mol. The number of carbonyl (C=O) groups excluding carboxylic acids is 2. The van der Waals surface area contributed by atoms with Gasteiger partial charge in [0.05, 0.1) is 14.2 Å². The molecule has 0 aromatic heterocycles. The lowest BCUT2D eigenvalue weighted by Crippen LogP contribution is -2.51. The number of carbonyl (C=O) groups is 2. The third-order valence-corrected chi connectivity index (χ3v) is 6.28. The van der Waals surface area contributed by atoms with Gasteiger partial charge in [0.2, 0.25) is 5.91 Å². The summed E-state index contributed by atoms with van der Waals surface area (Å²) in [6.07, 6.45) is 5.38. The van der Waals surface area contributed by atoms with Crippen LogP contribution in [0.3, 0.4) is 0 Å². The molecule has 1 fully saturated rings. The van der Waals surface area contributed by atoms with E-state index in [4.69, 9.17) is 25.8 Å². The molecule has 7 nitrogen and oxygen atoms in total. The molecule has 184 valence electrons. The third-order valence-electron chi connectivity index (χ3n) is 6.05. The fourth-order valence-electron chi connectivity index (χ4n) is 4.08. The number of hydrogen-bond acceptors (Lipinski definition) is 5. The molecule has 2 aromatic rings. The molecule has 0 unspecified atom stereocenters. The van der Waals surface area contributed by atoms with Crippen molar-refractivity contribution in [1.29, 1.82) is 0 Å². The number of rotatable bonds is 10. The summed E-state index contributed by atoms with van der Waals surface area (Å²) in [6, 6.07) is 11.8. The zero-order valence-corrected chi connectivity index (χ0v) is 20.8. The highest BCUT2D eigenvalue weighted by Gasteiger charge is 2.28. The van der Waals surface area contributed by atoms with E-state index in [1.54, 1.807) is 51.5 Å². The van der Waals surface area contributed by atoms with Crippen LogP contribution in [0.2, 0.25) is 5.02 Å². The molecular weight excluding hydrogens is 456 g/mol. The summed E-state index contributed by atoms with van der Waals surface area (Å²) in [5.41, 5.74) is 0.834. The van der Waals surface area contributed by atoms with Crippen molar-refractivity contribution in [2.75, 3.05) is 20.8 Å². The van der Waals surface area contributed by atoms with E-state index in [1.807, 2.05) is 12.1 Å². The number of methoxy groups -OCH3 is 2. The van der Waals surface area contributed by atoms with Crippen LogP contribution in [0.15, 0.2) is 42.5 Å². The van der Waals surface area contributed by atoms with E-state index in [0.717, 1.165) is 31.2 Å². The van der Waals surface area contributed by atoms with Crippen LogP contribution >= 0.6 is 11.6 Å². The van der Waals surface area contributed by atoms with E-state index in [0.29, 0.717) is 22.3 Å². The Morgan fingerprint density at radius 1 is 1.03 bits per heavy atom. The normalized spacial score (nSPS) is 14.7. The number of ether oxygens (including phenoxy) is 3. The second-order valence-electron chi connectivity index (χ2n) is 8.51. The molecular formula is C26H33ClN2O5. The molecule has 2 amide bonds. The lowest BCUT2D eigenvalue weighted by Gasteiger charge is -2.31. The lowest BCUT2D eigenvalue weighted by atomic mass is 9.95. The van der Waals surface area contributed by atoms with Crippen LogP contribution in [0.25, 0.3) is 0 Å². The van der Waals surface area contributed by atoms with Gasteiger partial charge in [-0.05, 0) is 37.5 Å². The smallest absolute Gasteiger partial charge is 0.261 e. The Morgan fingerprint density at radius 3 is 2.29 bits per heavy atom.